The summed E-state index contributed by atoms with van der Waals surface area (Å²) in [6, 6.07) is 18.6. The standard InChI is InChI=1S/C18H19IN2O2/c1-22-17-8-12-20(13-9-17)19(16-6-4-3-5-7-16)21-14-10-18(23-2)11-15-21/h3-15H,1-2H3/q+2. The van der Waals surface area contributed by atoms with Crippen molar-refractivity contribution in [1.82, 2.24) is 0 Å². The summed E-state index contributed by atoms with van der Waals surface area (Å²) < 4.78 is 16.5. The van der Waals surface area contributed by atoms with E-state index in [0.29, 0.717) is 0 Å². The fourth-order valence-electron chi connectivity index (χ4n) is 2.13. The van der Waals surface area contributed by atoms with Gasteiger partial charge in [0, 0.05) is 0 Å². The van der Waals surface area contributed by atoms with E-state index < -0.39 is 20.4 Å². The molecule has 23 heavy (non-hydrogen) atoms. The van der Waals surface area contributed by atoms with Gasteiger partial charge in [0.15, 0.2) is 0 Å². The van der Waals surface area contributed by atoms with Crippen molar-refractivity contribution in [3.05, 3.63) is 83.0 Å². The molecule has 1 aromatic carbocycles. The molecule has 2 heterocycles. The molecule has 0 atom stereocenters. The van der Waals surface area contributed by atoms with Crippen LogP contribution >= 0.6 is 20.4 Å². The van der Waals surface area contributed by atoms with Gasteiger partial charge in [-0.2, -0.15) is 0 Å². The molecule has 0 bridgehead atoms. The zero-order chi connectivity index (χ0) is 16.1. The van der Waals surface area contributed by atoms with Gasteiger partial charge in [-0.25, -0.2) is 0 Å². The SMILES string of the molecule is COc1cc[n+](I(c2ccccc2)[n+]2ccc(OC)cc2)cc1. The van der Waals surface area contributed by atoms with Crippen molar-refractivity contribution in [2.45, 2.75) is 0 Å². The van der Waals surface area contributed by atoms with Gasteiger partial charge in [0.25, 0.3) is 0 Å². The van der Waals surface area contributed by atoms with Crippen LogP contribution in [0.3, 0.4) is 0 Å². The Balaban J connectivity index is 2.05. The van der Waals surface area contributed by atoms with Gasteiger partial charge in [0.2, 0.25) is 0 Å². The number of pyridine rings is 2. The van der Waals surface area contributed by atoms with Crippen LogP contribution in [0.5, 0.6) is 11.5 Å². The molecule has 0 radical (unpaired) electrons. The van der Waals surface area contributed by atoms with Crippen LogP contribution in [0.15, 0.2) is 79.4 Å². The zero-order valence-corrected chi connectivity index (χ0v) is 15.3. The van der Waals surface area contributed by atoms with Crippen molar-refractivity contribution in [2.75, 3.05) is 14.2 Å². The fourth-order valence-corrected chi connectivity index (χ4v) is 6.91. The molecule has 0 fully saturated rings. The van der Waals surface area contributed by atoms with Gasteiger partial charge in [-0.1, -0.05) is 0 Å². The molecule has 4 nitrogen and oxygen atoms in total. The zero-order valence-electron chi connectivity index (χ0n) is 13.1. The van der Waals surface area contributed by atoms with Crippen LogP contribution in [-0.2, 0) is 0 Å². The molecular weight excluding hydrogens is 403 g/mol. The number of methoxy groups -OCH3 is 2. The predicted molar refractivity (Wildman–Crippen MR) is 96.3 cm³/mol. The summed E-state index contributed by atoms with van der Waals surface area (Å²) in [6.45, 7) is 0. The van der Waals surface area contributed by atoms with Gasteiger partial charge in [-0.3, -0.25) is 0 Å². The summed E-state index contributed by atoms with van der Waals surface area (Å²) in [5.74, 6) is 1.73. The Kier molecular flexibility index (Phi) is 5.07. The van der Waals surface area contributed by atoms with Gasteiger partial charge in [0.05, 0.1) is 0 Å². The molecule has 0 unspecified atom stereocenters. The van der Waals surface area contributed by atoms with Gasteiger partial charge in [-0.15, -0.1) is 0 Å². The van der Waals surface area contributed by atoms with Crippen molar-refractivity contribution >= 4 is 20.4 Å². The molecule has 3 aromatic rings. The summed E-state index contributed by atoms with van der Waals surface area (Å²) in [7, 11) is 3.37. The molecule has 3 rings (SSSR count). The van der Waals surface area contributed by atoms with E-state index in [9.17, 15) is 0 Å². The van der Waals surface area contributed by atoms with Crippen LogP contribution in [-0.4, -0.2) is 14.2 Å². The van der Waals surface area contributed by atoms with E-state index in [1.165, 1.54) is 3.57 Å². The number of aromatic nitrogens is 2. The third-order valence-corrected chi connectivity index (χ3v) is 8.52. The quantitative estimate of drug-likeness (QED) is 0.592. The molecule has 118 valence electrons. The van der Waals surface area contributed by atoms with Crippen LogP contribution in [0.25, 0.3) is 0 Å². The molecule has 0 aliphatic carbocycles. The van der Waals surface area contributed by atoms with Gasteiger partial charge >= 0.3 is 144 Å². The van der Waals surface area contributed by atoms with Crippen LogP contribution in [0.1, 0.15) is 0 Å². The number of benzene rings is 1. The Morgan fingerprint density at radius 3 is 1.48 bits per heavy atom. The number of halogens is 1. The van der Waals surface area contributed by atoms with E-state index >= 15 is 0 Å². The first-order valence-corrected chi connectivity index (χ1v) is 10.2. The Labute approximate surface area is 144 Å². The van der Waals surface area contributed by atoms with Crippen molar-refractivity contribution in [3.8, 4) is 11.5 Å². The van der Waals surface area contributed by atoms with E-state index in [2.05, 4.69) is 60.7 Å². The second-order valence-electron chi connectivity index (χ2n) is 4.70. The second-order valence-corrected chi connectivity index (χ2v) is 9.57. The van der Waals surface area contributed by atoms with E-state index in [-0.39, 0.29) is 0 Å². The summed E-state index contributed by atoms with van der Waals surface area (Å²) in [4.78, 5) is 0. The Morgan fingerprint density at radius 2 is 1.09 bits per heavy atom. The van der Waals surface area contributed by atoms with E-state index in [4.69, 9.17) is 9.47 Å². The number of hydrogen-bond donors (Lipinski definition) is 0. The van der Waals surface area contributed by atoms with E-state index in [1.807, 2.05) is 24.3 Å². The minimum absolute atomic E-state index is 0.866. The molecule has 0 N–H and O–H groups in total. The third-order valence-electron chi connectivity index (χ3n) is 3.29. The molecule has 0 aliphatic rings. The van der Waals surface area contributed by atoms with Crippen molar-refractivity contribution in [1.29, 1.82) is 0 Å². The van der Waals surface area contributed by atoms with Crippen LogP contribution in [0.2, 0.25) is 0 Å². The summed E-state index contributed by atoms with van der Waals surface area (Å²) in [5, 5.41) is 0. The van der Waals surface area contributed by atoms with Crippen molar-refractivity contribution < 1.29 is 15.0 Å². The molecule has 0 saturated carbocycles. The number of rotatable bonds is 5. The molecule has 0 aliphatic heterocycles. The van der Waals surface area contributed by atoms with Crippen LogP contribution in [0, 0.1) is 3.57 Å². The van der Waals surface area contributed by atoms with Crippen molar-refractivity contribution in [3.63, 3.8) is 0 Å². The molecule has 5 heteroatoms. The molecule has 2 aromatic heterocycles. The maximum absolute atomic E-state index is 5.27. The molecular formula is C18H19IN2O2+2. The first-order chi connectivity index (χ1) is 11.3. The monoisotopic (exact) mass is 422 g/mol. The van der Waals surface area contributed by atoms with Gasteiger partial charge in [0.1, 0.15) is 0 Å². The second kappa shape index (κ2) is 7.41. The maximum atomic E-state index is 5.27. The van der Waals surface area contributed by atoms with Gasteiger partial charge in [-0.05, 0) is 0 Å². The van der Waals surface area contributed by atoms with Crippen LogP contribution < -0.4 is 15.0 Å². The number of nitrogens with zero attached hydrogens (tertiary/aromatic N) is 2. The fraction of sp³-hybridized carbons (Fsp3) is 0.111. The van der Waals surface area contributed by atoms with E-state index in [0.717, 1.165) is 11.5 Å². The Hall–Kier alpha value is -2.15. The normalized spacial score (nSPS) is 11.0. The summed E-state index contributed by atoms with van der Waals surface area (Å²) in [6.07, 6.45) is 8.36. The first kappa shape index (κ1) is 15.7. The predicted octanol–water partition coefficient (Wildman–Crippen LogP) is 2.88. The summed E-state index contributed by atoms with van der Waals surface area (Å²) in [5.41, 5.74) is 0. The third kappa shape index (κ3) is 3.61. The average Bonchev–Trinajstić information content (AvgIpc) is 2.64. The average molecular weight is 422 g/mol. The Bertz CT molecular complexity index is 699. The minimum atomic E-state index is -1.86. The van der Waals surface area contributed by atoms with Crippen LogP contribution in [0.4, 0.5) is 0 Å². The molecule has 0 amide bonds. The molecule has 0 spiro atoms. The summed E-state index contributed by atoms with van der Waals surface area (Å²) >= 11 is -1.86. The molecule has 0 saturated heterocycles. The topological polar surface area (TPSA) is 26.2 Å². The first-order valence-electron chi connectivity index (χ1n) is 7.18. The Morgan fingerprint density at radius 1 is 0.652 bits per heavy atom. The number of ether oxygens (including phenoxy) is 2. The van der Waals surface area contributed by atoms with Crippen molar-refractivity contribution in [2.24, 2.45) is 0 Å². The van der Waals surface area contributed by atoms with E-state index in [1.54, 1.807) is 14.2 Å². The number of hydrogen-bond acceptors (Lipinski definition) is 2. The van der Waals surface area contributed by atoms with Gasteiger partial charge < -0.3 is 0 Å².